The molecule has 0 saturated heterocycles. The summed E-state index contributed by atoms with van der Waals surface area (Å²) in [6.07, 6.45) is 0. The Labute approximate surface area is 38.7 Å². The minimum absolute atomic E-state index is 0.231. The summed E-state index contributed by atoms with van der Waals surface area (Å²) in [7, 11) is 1.77. The summed E-state index contributed by atoms with van der Waals surface area (Å²) in [6, 6.07) is 0.231. The van der Waals surface area contributed by atoms with Crippen LogP contribution in [0.4, 0.5) is 0 Å². The molecule has 2 N–H and O–H groups in total. The van der Waals surface area contributed by atoms with Crippen LogP contribution >= 0.6 is 0 Å². The Balaban J connectivity index is 2.63. The molecule has 0 saturated carbocycles. The quantitative estimate of drug-likeness (QED) is 0.487. The fourth-order valence-electron chi connectivity index (χ4n) is 0.288. The lowest BCUT2D eigenvalue weighted by molar-refractivity contribution is 0.657. The summed E-state index contributed by atoms with van der Waals surface area (Å²) < 4.78 is 0. The Hall–Kier alpha value is -0.0800. The lowest BCUT2D eigenvalue weighted by Crippen LogP contribution is -2.24. The number of hydrogen-bond acceptors (Lipinski definition) is 1. The van der Waals surface area contributed by atoms with Crippen molar-refractivity contribution in [1.29, 1.82) is 0 Å². The van der Waals surface area contributed by atoms with Crippen LogP contribution in [0.5, 0.6) is 0 Å². The maximum atomic E-state index is 5.31. The van der Waals surface area contributed by atoms with Crippen LogP contribution in [-0.2, 0) is 0 Å². The first kappa shape index (κ1) is 5.92. The first-order valence-corrected chi connectivity index (χ1v) is 2.08. The van der Waals surface area contributed by atoms with Gasteiger partial charge < -0.3 is 5.73 Å². The third-order valence-electron chi connectivity index (χ3n) is 0.471. The molecule has 37 valence electrons. The molecule has 0 amide bonds. The van der Waals surface area contributed by atoms with Crippen LogP contribution < -0.4 is 11.1 Å². The molecule has 0 aromatic heterocycles. The van der Waals surface area contributed by atoms with Crippen LogP contribution in [0, 0.1) is 0 Å². The maximum Gasteiger partial charge on any atom is 0.0279 e. The molecule has 1 atom stereocenters. The van der Waals surface area contributed by atoms with Gasteiger partial charge in [0.15, 0.2) is 0 Å². The van der Waals surface area contributed by atoms with E-state index in [9.17, 15) is 0 Å². The monoisotopic (exact) mass is 87.1 g/mol. The molecule has 0 aromatic rings. The number of nitrogens with zero attached hydrogens (tertiary/aromatic N) is 1. The van der Waals surface area contributed by atoms with E-state index >= 15 is 0 Å². The van der Waals surface area contributed by atoms with Crippen molar-refractivity contribution in [3.63, 3.8) is 0 Å². The molecule has 1 radical (unpaired) electrons. The van der Waals surface area contributed by atoms with Gasteiger partial charge >= 0.3 is 0 Å². The van der Waals surface area contributed by atoms with Crippen LogP contribution in [0.15, 0.2) is 0 Å². The zero-order valence-corrected chi connectivity index (χ0v) is 4.31. The predicted molar refractivity (Wildman–Crippen MR) is 26.6 cm³/mol. The number of hydrogen-bond donors (Lipinski definition) is 1. The molecule has 0 fully saturated rings. The molecule has 0 unspecified atom stereocenters. The van der Waals surface area contributed by atoms with Crippen LogP contribution in [0.2, 0.25) is 0 Å². The van der Waals surface area contributed by atoms with Gasteiger partial charge in [0.2, 0.25) is 0 Å². The van der Waals surface area contributed by atoms with Crippen molar-refractivity contribution < 1.29 is 0 Å². The zero-order chi connectivity index (χ0) is 4.99. The van der Waals surface area contributed by atoms with Gasteiger partial charge in [-0.3, -0.25) is 0 Å². The Kier molecular flexibility index (Phi) is 3.08. The van der Waals surface area contributed by atoms with E-state index < -0.39 is 0 Å². The van der Waals surface area contributed by atoms with Gasteiger partial charge in [0, 0.05) is 19.6 Å². The third-order valence-corrected chi connectivity index (χ3v) is 0.471. The van der Waals surface area contributed by atoms with Crippen LogP contribution in [-0.4, -0.2) is 19.6 Å². The van der Waals surface area contributed by atoms with Crippen molar-refractivity contribution in [3.8, 4) is 0 Å². The Morgan fingerprint density at radius 2 is 2.33 bits per heavy atom. The Morgan fingerprint density at radius 3 is 2.33 bits per heavy atom. The molecule has 0 rings (SSSR count). The highest BCUT2D eigenvalue weighted by atomic mass is 14.8. The van der Waals surface area contributed by atoms with Gasteiger partial charge in [0.1, 0.15) is 0 Å². The molecule has 0 heterocycles. The van der Waals surface area contributed by atoms with Crippen molar-refractivity contribution in [3.05, 3.63) is 0 Å². The van der Waals surface area contributed by atoms with Gasteiger partial charge in [-0.05, 0) is 6.92 Å². The van der Waals surface area contributed by atoms with Gasteiger partial charge in [0.05, 0.1) is 0 Å². The minimum Gasteiger partial charge on any atom is -0.327 e. The molecule has 0 spiro atoms. The van der Waals surface area contributed by atoms with E-state index in [1.165, 1.54) is 0 Å². The second-order valence-electron chi connectivity index (χ2n) is 1.48. The largest absolute Gasteiger partial charge is 0.327 e. The second-order valence-corrected chi connectivity index (χ2v) is 1.48. The predicted octanol–water partition coefficient (Wildman–Crippen LogP) is -0.432. The van der Waals surface area contributed by atoms with Gasteiger partial charge in [-0.1, -0.05) is 0 Å². The Morgan fingerprint density at radius 1 is 1.83 bits per heavy atom. The lowest BCUT2D eigenvalue weighted by atomic mass is 10.4. The van der Waals surface area contributed by atoms with Crippen LogP contribution in [0.1, 0.15) is 6.92 Å². The summed E-state index contributed by atoms with van der Waals surface area (Å²) in [4.78, 5) is 0. The first-order chi connectivity index (χ1) is 2.77. The standard InChI is InChI=1S/C4H11N2/c1-4(5)3-6-2/h4H,3,5H2,1-2H3/t4-/m0/s1. The van der Waals surface area contributed by atoms with E-state index in [-0.39, 0.29) is 6.04 Å². The lowest BCUT2D eigenvalue weighted by Gasteiger charge is -1.97. The molecular weight excluding hydrogens is 76.1 g/mol. The van der Waals surface area contributed by atoms with Crippen molar-refractivity contribution in [2.45, 2.75) is 13.0 Å². The zero-order valence-electron chi connectivity index (χ0n) is 4.31. The highest BCUT2D eigenvalue weighted by Gasteiger charge is 1.85. The summed E-state index contributed by atoms with van der Waals surface area (Å²) in [5.74, 6) is 0. The average molecular weight is 87.1 g/mol. The van der Waals surface area contributed by atoms with Gasteiger partial charge in [-0.15, -0.1) is 0 Å². The maximum absolute atomic E-state index is 5.31. The summed E-state index contributed by atoms with van der Waals surface area (Å²) in [5, 5.41) is 3.81. The van der Waals surface area contributed by atoms with Crippen molar-refractivity contribution in [2.75, 3.05) is 13.6 Å². The number of rotatable bonds is 2. The first-order valence-electron chi connectivity index (χ1n) is 2.08. The highest BCUT2D eigenvalue weighted by molar-refractivity contribution is 4.51. The summed E-state index contributed by atoms with van der Waals surface area (Å²) in [6.45, 7) is 2.72. The third kappa shape index (κ3) is 3.92. The number of likely N-dealkylation sites (N-methyl/N-ethyl adjacent to an activating group) is 1. The smallest absolute Gasteiger partial charge is 0.0279 e. The van der Waals surface area contributed by atoms with E-state index in [1.807, 2.05) is 6.92 Å². The van der Waals surface area contributed by atoms with Crippen molar-refractivity contribution >= 4 is 0 Å². The second kappa shape index (κ2) is 3.12. The molecule has 0 aliphatic carbocycles. The van der Waals surface area contributed by atoms with Gasteiger partial charge in [0.25, 0.3) is 0 Å². The van der Waals surface area contributed by atoms with Gasteiger partial charge in [-0.25, -0.2) is 5.32 Å². The van der Waals surface area contributed by atoms with Crippen molar-refractivity contribution in [2.24, 2.45) is 5.73 Å². The molecular formula is C4H11N2. The summed E-state index contributed by atoms with van der Waals surface area (Å²) in [5.41, 5.74) is 5.31. The topological polar surface area (TPSA) is 40.1 Å². The molecule has 0 aromatic carbocycles. The van der Waals surface area contributed by atoms with E-state index in [0.717, 1.165) is 6.54 Å². The fraction of sp³-hybridized carbons (Fsp3) is 1.00. The van der Waals surface area contributed by atoms with Crippen LogP contribution in [0.3, 0.4) is 0 Å². The molecule has 6 heavy (non-hydrogen) atoms. The normalized spacial score (nSPS) is 14.5. The summed E-state index contributed by atoms with van der Waals surface area (Å²) >= 11 is 0. The van der Waals surface area contributed by atoms with E-state index in [2.05, 4.69) is 5.32 Å². The van der Waals surface area contributed by atoms with E-state index in [0.29, 0.717) is 0 Å². The van der Waals surface area contributed by atoms with Crippen molar-refractivity contribution in [1.82, 2.24) is 5.32 Å². The molecule has 2 heteroatoms. The minimum atomic E-state index is 0.231. The molecule has 0 aliphatic rings. The fourth-order valence-corrected chi connectivity index (χ4v) is 0.288. The SMILES string of the molecule is C[N]C[C@H](C)N. The van der Waals surface area contributed by atoms with Gasteiger partial charge in [-0.2, -0.15) is 0 Å². The molecule has 0 aliphatic heterocycles. The molecule has 0 bridgehead atoms. The average Bonchev–Trinajstić information content (AvgIpc) is 1.35. The Bertz CT molecular complexity index is 26.7. The van der Waals surface area contributed by atoms with E-state index in [1.54, 1.807) is 7.05 Å². The van der Waals surface area contributed by atoms with E-state index in [4.69, 9.17) is 5.73 Å². The number of nitrogens with two attached hydrogens (primary N) is 1. The van der Waals surface area contributed by atoms with Crippen LogP contribution in [0.25, 0.3) is 0 Å². The highest BCUT2D eigenvalue weighted by Crippen LogP contribution is 1.65. The molecule has 2 nitrogen and oxygen atoms in total.